The van der Waals surface area contributed by atoms with E-state index >= 15 is 0 Å². The number of nitrogens with zero attached hydrogens (tertiary/aromatic N) is 2. The van der Waals surface area contributed by atoms with Gasteiger partial charge in [-0.15, -0.1) is 12.4 Å². The van der Waals surface area contributed by atoms with E-state index in [4.69, 9.17) is 5.10 Å². The molecular weight excluding hydrogens is 360 g/mol. The lowest BCUT2D eigenvalue weighted by Gasteiger charge is -2.29. The summed E-state index contributed by atoms with van der Waals surface area (Å²) in [4.78, 5) is 13.0. The van der Waals surface area contributed by atoms with E-state index in [9.17, 15) is 4.79 Å². The van der Waals surface area contributed by atoms with Crippen LogP contribution in [-0.4, -0.2) is 34.3 Å². The van der Waals surface area contributed by atoms with Gasteiger partial charge in [-0.05, 0) is 45.4 Å². The molecule has 1 amide bonds. The highest BCUT2D eigenvalue weighted by Crippen LogP contribution is 2.26. The summed E-state index contributed by atoms with van der Waals surface area (Å²) in [6, 6.07) is 8.84. The number of piperidine rings is 1. The van der Waals surface area contributed by atoms with Crippen LogP contribution in [0.25, 0.3) is 5.69 Å². The minimum Gasteiger partial charge on any atom is -0.349 e. The molecule has 0 spiro atoms. The lowest BCUT2D eigenvalue weighted by Crippen LogP contribution is -2.46. The van der Waals surface area contributed by atoms with Crippen LogP contribution in [0.1, 0.15) is 62.2 Å². The van der Waals surface area contributed by atoms with Crippen molar-refractivity contribution in [1.82, 2.24) is 20.4 Å². The summed E-state index contributed by atoms with van der Waals surface area (Å²) in [5, 5.41) is 11.4. The van der Waals surface area contributed by atoms with Gasteiger partial charge < -0.3 is 10.6 Å². The van der Waals surface area contributed by atoms with Crippen LogP contribution in [0.15, 0.2) is 30.5 Å². The van der Waals surface area contributed by atoms with Crippen LogP contribution in [0.3, 0.4) is 0 Å². The number of rotatable bonds is 3. The SMILES string of the molecule is Cc1ccc(-n2cc(C(=O)NC3CCNC(C)C3)c(C(C)(C)C)n2)cc1.Cl. The molecule has 1 aliphatic rings. The number of nitrogens with one attached hydrogen (secondary N) is 2. The third-order valence-electron chi connectivity index (χ3n) is 4.93. The maximum Gasteiger partial charge on any atom is 0.255 e. The molecule has 1 aromatic carbocycles. The highest BCUT2D eigenvalue weighted by molar-refractivity contribution is 5.95. The van der Waals surface area contributed by atoms with Crippen molar-refractivity contribution in [3.05, 3.63) is 47.3 Å². The molecule has 2 atom stereocenters. The molecule has 27 heavy (non-hydrogen) atoms. The highest BCUT2D eigenvalue weighted by Gasteiger charge is 2.28. The molecule has 2 N–H and O–H groups in total. The number of halogens is 1. The fourth-order valence-electron chi connectivity index (χ4n) is 3.45. The van der Waals surface area contributed by atoms with E-state index in [2.05, 4.69) is 57.4 Å². The summed E-state index contributed by atoms with van der Waals surface area (Å²) >= 11 is 0. The van der Waals surface area contributed by atoms with Gasteiger partial charge in [-0.2, -0.15) is 5.10 Å². The predicted octanol–water partition coefficient (Wildman–Crippen LogP) is 3.77. The molecular formula is C21H31ClN4O. The van der Waals surface area contributed by atoms with Crippen LogP contribution in [0.5, 0.6) is 0 Å². The van der Waals surface area contributed by atoms with Crippen LogP contribution in [-0.2, 0) is 5.41 Å². The highest BCUT2D eigenvalue weighted by atomic mass is 35.5. The van der Waals surface area contributed by atoms with E-state index in [1.54, 1.807) is 0 Å². The Labute approximate surface area is 168 Å². The third-order valence-corrected chi connectivity index (χ3v) is 4.93. The monoisotopic (exact) mass is 390 g/mol. The second kappa shape index (κ2) is 8.44. The predicted molar refractivity (Wildman–Crippen MR) is 112 cm³/mol. The Morgan fingerprint density at radius 3 is 2.52 bits per heavy atom. The average Bonchev–Trinajstić information content (AvgIpc) is 3.01. The first-order valence-electron chi connectivity index (χ1n) is 9.45. The van der Waals surface area contributed by atoms with Gasteiger partial charge in [0.25, 0.3) is 5.91 Å². The topological polar surface area (TPSA) is 59.0 Å². The molecule has 2 unspecified atom stereocenters. The molecule has 1 saturated heterocycles. The molecule has 1 aromatic heterocycles. The smallest absolute Gasteiger partial charge is 0.255 e. The van der Waals surface area contributed by atoms with E-state index < -0.39 is 0 Å². The lowest BCUT2D eigenvalue weighted by atomic mass is 9.89. The molecule has 0 aliphatic carbocycles. The van der Waals surface area contributed by atoms with Gasteiger partial charge in [0.05, 0.1) is 16.9 Å². The van der Waals surface area contributed by atoms with E-state index in [-0.39, 0.29) is 29.8 Å². The minimum absolute atomic E-state index is 0. The van der Waals surface area contributed by atoms with Gasteiger partial charge in [-0.25, -0.2) is 4.68 Å². The number of carbonyl (C=O) groups is 1. The van der Waals surface area contributed by atoms with Gasteiger partial charge in [0.2, 0.25) is 0 Å². The Bertz CT molecular complexity index is 776. The third kappa shape index (κ3) is 5.11. The molecule has 2 heterocycles. The number of hydrogen-bond donors (Lipinski definition) is 2. The van der Waals surface area contributed by atoms with Gasteiger partial charge >= 0.3 is 0 Å². The summed E-state index contributed by atoms with van der Waals surface area (Å²) in [7, 11) is 0. The summed E-state index contributed by atoms with van der Waals surface area (Å²) in [5.41, 5.74) is 3.47. The Hall–Kier alpha value is -1.85. The van der Waals surface area contributed by atoms with Crippen LogP contribution in [0, 0.1) is 6.92 Å². The Morgan fingerprint density at radius 2 is 1.93 bits per heavy atom. The molecule has 2 aromatic rings. The quantitative estimate of drug-likeness (QED) is 0.838. The van der Waals surface area contributed by atoms with Crippen molar-refractivity contribution < 1.29 is 4.79 Å². The van der Waals surface area contributed by atoms with E-state index in [0.717, 1.165) is 30.8 Å². The normalized spacial score (nSPS) is 20.0. The number of benzene rings is 1. The van der Waals surface area contributed by atoms with Crippen molar-refractivity contribution in [2.24, 2.45) is 0 Å². The number of aryl methyl sites for hydroxylation is 1. The second-order valence-corrected chi connectivity index (χ2v) is 8.47. The zero-order chi connectivity index (χ0) is 18.9. The van der Waals surface area contributed by atoms with Crippen molar-refractivity contribution in [3.63, 3.8) is 0 Å². The van der Waals surface area contributed by atoms with Crippen LogP contribution < -0.4 is 10.6 Å². The summed E-state index contributed by atoms with van der Waals surface area (Å²) in [6.45, 7) is 11.5. The second-order valence-electron chi connectivity index (χ2n) is 8.47. The number of amides is 1. The van der Waals surface area contributed by atoms with Gasteiger partial charge in [-0.1, -0.05) is 38.5 Å². The molecule has 148 valence electrons. The van der Waals surface area contributed by atoms with E-state index in [1.807, 2.05) is 23.0 Å². The molecule has 0 radical (unpaired) electrons. The van der Waals surface area contributed by atoms with Crippen molar-refractivity contribution in [3.8, 4) is 5.69 Å². The first-order valence-corrected chi connectivity index (χ1v) is 9.45. The summed E-state index contributed by atoms with van der Waals surface area (Å²) in [5.74, 6) is -0.0209. The molecule has 0 bridgehead atoms. The average molecular weight is 391 g/mol. The van der Waals surface area contributed by atoms with Crippen molar-refractivity contribution in [2.45, 2.75) is 65.0 Å². The van der Waals surface area contributed by atoms with Gasteiger partial charge in [0.15, 0.2) is 0 Å². The number of carbonyl (C=O) groups excluding carboxylic acids is 1. The molecule has 0 saturated carbocycles. The zero-order valence-electron chi connectivity index (χ0n) is 16.9. The van der Waals surface area contributed by atoms with Gasteiger partial charge in [0, 0.05) is 23.7 Å². The molecule has 6 heteroatoms. The molecule has 3 rings (SSSR count). The van der Waals surface area contributed by atoms with Crippen molar-refractivity contribution in [1.29, 1.82) is 0 Å². The first-order chi connectivity index (χ1) is 12.2. The Kier molecular flexibility index (Phi) is 6.71. The molecule has 5 nitrogen and oxygen atoms in total. The lowest BCUT2D eigenvalue weighted by molar-refractivity contribution is 0.0923. The largest absolute Gasteiger partial charge is 0.349 e. The minimum atomic E-state index is -0.204. The van der Waals surface area contributed by atoms with Gasteiger partial charge in [0.1, 0.15) is 0 Å². The zero-order valence-corrected chi connectivity index (χ0v) is 17.7. The van der Waals surface area contributed by atoms with Crippen LogP contribution in [0.4, 0.5) is 0 Å². The first kappa shape index (κ1) is 21.5. The maximum absolute atomic E-state index is 13.0. The maximum atomic E-state index is 13.0. The molecule has 1 aliphatic heterocycles. The van der Waals surface area contributed by atoms with Crippen LogP contribution >= 0.6 is 12.4 Å². The van der Waals surface area contributed by atoms with Crippen LogP contribution in [0.2, 0.25) is 0 Å². The van der Waals surface area contributed by atoms with E-state index in [1.165, 1.54) is 5.56 Å². The van der Waals surface area contributed by atoms with E-state index in [0.29, 0.717) is 11.6 Å². The molecule has 1 fully saturated rings. The Morgan fingerprint density at radius 1 is 1.26 bits per heavy atom. The fraction of sp³-hybridized carbons (Fsp3) is 0.524. The summed E-state index contributed by atoms with van der Waals surface area (Å²) in [6.07, 6.45) is 3.79. The fourth-order valence-corrected chi connectivity index (χ4v) is 3.45. The van der Waals surface area contributed by atoms with Crippen molar-refractivity contribution in [2.75, 3.05) is 6.54 Å². The Balaban J connectivity index is 0.00000261. The van der Waals surface area contributed by atoms with Gasteiger partial charge in [-0.3, -0.25) is 4.79 Å². The van der Waals surface area contributed by atoms with Crippen molar-refractivity contribution >= 4 is 18.3 Å². The number of aromatic nitrogens is 2. The summed E-state index contributed by atoms with van der Waals surface area (Å²) < 4.78 is 1.82. The number of hydrogen-bond acceptors (Lipinski definition) is 3. The standard InChI is InChI=1S/C21H30N4O.ClH/c1-14-6-8-17(9-7-14)25-13-18(19(24-25)21(3,4)5)20(26)23-16-10-11-22-15(2)12-16;/h6-9,13,15-16,22H,10-12H2,1-5H3,(H,23,26);1H.